The van der Waals surface area contributed by atoms with Crippen LogP contribution >= 0.6 is 0 Å². The van der Waals surface area contributed by atoms with E-state index in [1.807, 2.05) is 74.5 Å². The highest BCUT2D eigenvalue weighted by Gasteiger charge is 2.30. The molecule has 1 atom stereocenters. The number of phenols is 1. The number of aromatic hydroxyl groups is 1. The van der Waals surface area contributed by atoms with Gasteiger partial charge in [-0.25, -0.2) is 0 Å². The van der Waals surface area contributed by atoms with Crippen LogP contribution in [0.3, 0.4) is 0 Å². The van der Waals surface area contributed by atoms with Crippen LogP contribution in [0.4, 0.5) is 0 Å². The van der Waals surface area contributed by atoms with Crippen LogP contribution in [0, 0.1) is 0 Å². The Labute approximate surface area is 136 Å². The van der Waals surface area contributed by atoms with Crippen LogP contribution in [0.1, 0.15) is 31.1 Å². The zero-order valence-electron chi connectivity index (χ0n) is 13.3. The van der Waals surface area contributed by atoms with Gasteiger partial charge in [0.15, 0.2) is 0 Å². The summed E-state index contributed by atoms with van der Waals surface area (Å²) >= 11 is 0. The van der Waals surface area contributed by atoms with E-state index in [0.29, 0.717) is 0 Å². The molecule has 2 aromatic carbocycles. The van der Waals surface area contributed by atoms with E-state index in [2.05, 4.69) is 0 Å². The fraction of sp³-hybridized carbons (Fsp3) is 0.200. The Balaban J connectivity index is 1.84. The minimum atomic E-state index is -0.691. The Morgan fingerprint density at radius 2 is 1.65 bits per heavy atom. The summed E-state index contributed by atoms with van der Waals surface area (Å²) < 4.78 is 11.9. The minimum absolute atomic E-state index is 0.139. The Bertz CT molecular complexity index is 712. The van der Waals surface area contributed by atoms with Crippen molar-refractivity contribution in [3.8, 4) is 5.75 Å². The van der Waals surface area contributed by atoms with Crippen LogP contribution in [0.15, 0.2) is 72.5 Å². The van der Waals surface area contributed by atoms with E-state index in [9.17, 15) is 5.11 Å². The molecule has 0 fully saturated rings. The summed E-state index contributed by atoms with van der Waals surface area (Å²) in [5, 5.41) is 9.33. The third kappa shape index (κ3) is 4.02. The first-order chi connectivity index (χ1) is 11.0. The normalized spacial score (nSPS) is 20.1. The Kier molecular flexibility index (Phi) is 4.22. The highest BCUT2D eigenvalue weighted by Crippen LogP contribution is 2.34. The quantitative estimate of drug-likeness (QED) is 0.884. The van der Waals surface area contributed by atoms with Gasteiger partial charge >= 0.3 is 0 Å². The van der Waals surface area contributed by atoms with Gasteiger partial charge < -0.3 is 14.6 Å². The van der Waals surface area contributed by atoms with E-state index in [-0.39, 0.29) is 11.9 Å². The molecule has 23 heavy (non-hydrogen) atoms. The Morgan fingerprint density at radius 1 is 0.957 bits per heavy atom. The molecule has 0 radical (unpaired) electrons. The van der Waals surface area contributed by atoms with Gasteiger partial charge in [0.2, 0.25) is 5.79 Å². The largest absolute Gasteiger partial charge is 0.508 e. The molecule has 1 aliphatic rings. The molecule has 3 heteroatoms. The predicted molar refractivity (Wildman–Crippen MR) is 90.7 cm³/mol. The molecule has 0 saturated carbocycles. The number of ether oxygens (including phenoxy) is 2. The average Bonchev–Trinajstić information content (AvgIpc) is 2.54. The van der Waals surface area contributed by atoms with Crippen LogP contribution < -0.4 is 0 Å². The highest BCUT2D eigenvalue weighted by molar-refractivity contribution is 5.53. The van der Waals surface area contributed by atoms with E-state index < -0.39 is 5.79 Å². The van der Waals surface area contributed by atoms with E-state index in [0.717, 1.165) is 16.9 Å². The van der Waals surface area contributed by atoms with Gasteiger partial charge in [-0.15, -0.1) is 0 Å². The zero-order chi connectivity index (χ0) is 16.3. The molecule has 118 valence electrons. The molecule has 0 spiro atoms. The Hall–Kier alpha value is -2.52. The van der Waals surface area contributed by atoms with Gasteiger partial charge in [0.1, 0.15) is 17.6 Å². The molecule has 0 aromatic heterocycles. The molecule has 1 heterocycles. The third-order valence-corrected chi connectivity index (χ3v) is 3.55. The lowest BCUT2D eigenvalue weighted by molar-refractivity contribution is -0.221. The first-order valence-corrected chi connectivity index (χ1v) is 7.63. The third-order valence-electron chi connectivity index (χ3n) is 3.55. The van der Waals surface area contributed by atoms with Gasteiger partial charge in [-0.2, -0.15) is 0 Å². The summed E-state index contributed by atoms with van der Waals surface area (Å²) in [6.07, 6.45) is 5.71. The van der Waals surface area contributed by atoms with Gasteiger partial charge in [-0.05, 0) is 35.4 Å². The van der Waals surface area contributed by atoms with Crippen molar-refractivity contribution in [2.24, 2.45) is 0 Å². The summed E-state index contributed by atoms with van der Waals surface area (Å²) in [5.74, 6) is 0.335. The molecule has 3 nitrogen and oxygen atoms in total. The lowest BCUT2D eigenvalue weighted by atomic mass is 10.1. The predicted octanol–water partition coefficient (Wildman–Crippen LogP) is 4.81. The van der Waals surface area contributed by atoms with E-state index in [1.165, 1.54) is 0 Å². The zero-order valence-corrected chi connectivity index (χ0v) is 13.3. The van der Waals surface area contributed by atoms with Crippen molar-refractivity contribution in [3.63, 3.8) is 0 Å². The molecule has 0 amide bonds. The number of hydrogen-bond donors (Lipinski definition) is 1. The maximum absolute atomic E-state index is 9.33. The fourth-order valence-corrected chi connectivity index (χ4v) is 2.49. The van der Waals surface area contributed by atoms with E-state index in [1.54, 1.807) is 12.1 Å². The van der Waals surface area contributed by atoms with E-state index in [4.69, 9.17) is 9.47 Å². The number of phenolic OH excluding ortho intramolecular Hbond substituents is 1. The molecular formula is C20H20O3. The molecule has 1 N–H and O–H groups in total. The maximum Gasteiger partial charge on any atom is 0.205 e. The Morgan fingerprint density at radius 3 is 2.35 bits per heavy atom. The molecule has 3 rings (SSSR count). The SMILES string of the molecule is CC1(C)OC(/C=C/c2ccc(O)cc2)=C[C@H](c2ccccc2)O1. The molecule has 2 aromatic rings. The van der Waals surface area contributed by atoms with Crippen LogP contribution in [-0.4, -0.2) is 10.9 Å². The van der Waals surface area contributed by atoms with Gasteiger partial charge in [0.25, 0.3) is 0 Å². The van der Waals surface area contributed by atoms with Gasteiger partial charge in [0, 0.05) is 13.8 Å². The smallest absolute Gasteiger partial charge is 0.205 e. The average molecular weight is 308 g/mol. The van der Waals surface area contributed by atoms with Crippen molar-refractivity contribution in [3.05, 3.63) is 83.6 Å². The molecule has 0 bridgehead atoms. The fourth-order valence-electron chi connectivity index (χ4n) is 2.49. The molecule has 0 aliphatic carbocycles. The summed E-state index contributed by atoms with van der Waals surface area (Å²) in [6, 6.07) is 17.1. The standard InChI is InChI=1S/C20H20O3/c1-20(2)22-18(13-10-15-8-11-17(21)12-9-15)14-19(23-20)16-6-4-3-5-7-16/h3-14,19,21H,1-2H3/b13-10+/t19-/m1/s1. The molecular weight excluding hydrogens is 288 g/mol. The monoisotopic (exact) mass is 308 g/mol. The number of hydrogen-bond acceptors (Lipinski definition) is 3. The maximum atomic E-state index is 9.33. The van der Waals surface area contributed by atoms with Gasteiger partial charge in [0.05, 0.1) is 0 Å². The van der Waals surface area contributed by atoms with Crippen molar-refractivity contribution >= 4 is 6.08 Å². The van der Waals surface area contributed by atoms with Crippen molar-refractivity contribution in [1.82, 2.24) is 0 Å². The lowest BCUT2D eigenvalue weighted by Crippen LogP contribution is -2.33. The van der Waals surface area contributed by atoms with Crippen molar-refractivity contribution < 1.29 is 14.6 Å². The highest BCUT2D eigenvalue weighted by atomic mass is 16.7. The summed E-state index contributed by atoms with van der Waals surface area (Å²) in [4.78, 5) is 0. The van der Waals surface area contributed by atoms with Crippen molar-refractivity contribution in [1.29, 1.82) is 0 Å². The second kappa shape index (κ2) is 6.31. The first-order valence-electron chi connectivity index (χ1n) is 7.63. The summed E-state index contributed by atoms with van der Waals surface area (Å²) in [7, 11) is 0. The molecule has 1 aliphatic heterocycles. The van der Waals surface area contributed by atoms with Gasteiger partial charge in [-0.3, -0.25) is 0 Å². The summed E-state index contributed by atoms with van der Waals surface area (Å²) in [6.45, 7) is 3.81. The molecule has 0 saturated heterocycles. The van der Waals surface area contributed by atoms with Crippen LogP contribution in [0.5, 0.6) is 5.75 Å². The molecule has 0 unspecified atom stereocenters. The van der Waals surface area contributed by atoms with Crippen LogP contribution in [-0.2, 0) is 9.47 Å². The van der Waals surface area contributed by atoms with Gasteiger partial charge in [-0.1, -0.05) is 48.5 Å². The number of rotatable bonds is 3. The van der Waals surface area contributed by atoms with Crippen LogP contribution in [0.2, 0.25) is 0 Å². The van der Waals surface area contributed by atoms with Crippen molar-refractivity contribution in [2.75, 3.05) is 0 Å². The number of benzene rings is 2. The lowest BCUT2D eigenvalue weighted by Gasteiger charge is -2.35. The first kappa shape index (κ1) is 15.4. The van der Waals surface area contributed by atoms with E-state index >= 15 is 0 Å². The number of allylic oxidation sites excluding steroid dienone is 1. The second-order valence-corrected chi connectivity index (χ2v) is 5.94. The second-order valence-electron chi connectivity index (χ2n) is 5.94. The minimum Gasteiger partial charge on any atom is -0.508 e. The van der Waals surface area contributed by atoms with Crippen molar-refractivity contribution in [2.45, 2.75) is 25.7 Å². The van der Waals surface area contributed by atoms with Crippen LogP contribution in [0.25, 0.3) is 6.08 Å². The topological polar surface area (TPSA) is 38.7 Å². The summed E-state index contributed by atoms with van der Waals surface area (Å²) in [5.41, 5.74) is 2.09.